The van der Waals surface area contributed by atoms with Crippen LogP contribution in [0.1, 0.15) is 0 Å². The van der Waals surface area contributed by atoms with E-state index >= 15 is 0 Å². The Hall–Kier alpha value is -2.89. The van der Waals surface area contributed by atoms with Crippen LogP contribution in [0.15, 0.2) is 36.4 Å². The number of rotatable bonds is 3. The smallest absolute Gasteiger partial charge is 0.231 e. The zero-order valence-corrected chi connectivity index (χ0v) is 11.3. The van der Waals surface area contributed by atoms with Gasteiger partial charge in [0.25, 0.3) is 0 Å². The Morgan fingerprint density at radius 1 is 1.14 bits per heavy atom. The highest BCUT2D eigenvalue weighted by molar-refractivity contribution is 5.92. The summed E-state index contributed by atoms with van der Waals surface area (Å²) in [5.41, 5.74) is 1.81. The fraction of sp³-hybridized carbons (Fsp3) is 0.133. The Bertz CT molecular complexity index is 813. The van der Waals surface area contributed by atoms with Gasteiger partial charge < -0.3 is 19.5 Å². The first-order valence-electron chi connectivity index (χ1n) is 6.52. The first-order valence-corrected chi connectivity index (χ1v) is 6.52. The Morgan fingerprint density at radius 2 is 2.05 bits per heavy atom. The molecule has 2 heterocycles. The third-order valence-corrected chi connectivity index (χ3v) is 3.41. The maximum Gasteiger partial charge on any atom is 0.231 e. The van der Waals surface area contributed by atoms with E-state index in [-0.39, 0.29) is 6.79 Å². The topological polar surface area (TPSA) is 68.4 Å². The van der Waals surface area contributed by atoms with E-state index in [9.17, 15) is 0 Å². The minimum Gasteiger partial charge on any atom is -0.497 e. The van der Waals surface area contributed by atoms with Crippen LogP contribution in [0.2, 0.25) is 0 Å². The lowest BCUT2D eigenvalue weighted by Gasteiger charge is -2.05. The monoisotopic (exact) mass is 283 g/mol. The van der Waals surface area contributed by atoms with Crippen LogP contribution < -0.4 is 19.5 Å². The molecule has 0 spiro atoms. The fourth-order valence-corrected chi connectivity index (χ4v) is 2.33. The Morgan fingerprint density at radius 3 is 2.95 bits per heavy atom. The number of fused-ring (bicyclic) bond motifs is 2. The molecule has 0 unspecified atom stereocenters. The van der Waals surface area contributed by atoms with Gasteiger partial charge in [-0.1, -0.05) is 0 Å². The van der Waals surface area contributed by atoms with Gasteiger partial charge in [-0.25, -0.2) is 0 Å². The molecule has 106 valence electrons. The van der Waals surface area contributed by atoms with Crippen molar-refractivity contribution in [1.82, 2.24) is 10.2 Å². The number of aromatic nitrogens is 2. The quantitative estimate of drug-likeness (QED) is 0.773. The molecule has 0 saturated carbocycles. The predicted octanol–water partition coefficient (Wildman–Crippen LogP) is 3.04. The van der Waals surface area contributed by atoms with Gasteiger partial charge in [-0.2, -0.15) is 5.10 Å². The summed E-state index contributed by atoms with van der Waals surface area (Å²) < 4.78 is 15.9. The number of aromatic amines is 1. The molecule has 4 rings (SSSR count). The van der Waals surface area contributed by atoms with Gasteiger partial charge in [0.05, 0.1) is 12.6 Å². The number of nitrogens with zero attached hydrogens (tertiary/aromatic N) is 1. The minimum atomic E-state index is 0.268. The van der Waals surface area contributed by atoms with Gasteiger partial charge in [-0.15, -0.1) is 0 Å². The molecule has 0 radical (unpaired) electrons. The van der Waals surface area contributed by atoms with E-state index < -0.39 is 0 Å². The molecular formula is C15H13N3O3. The molecule has 1 aliphatic rings. The lowest BCUT2D eigenvalue weighted by atomic mass is 10.2. The molecule has 0 amide bonds. The first kappa shape index (κ1) is 11.9. The van der Waals surface area contributed by atoms with Gasteiger partial charge in [0.2, 0.25) is 6.79 Å². The first-order chi connectivity index (χ1) is 10.3. The number of hydrogen-bond acceptors (Lipinski definition) is 5. The van der Waals surface area contributed by atoms with Crippen molar-refractivity contribution in [2.24, 2.45) is 0 Å². The molecule has 0 bridgehead atoms. The molecule has 0 fully saturated rings. The number of H-pyrrole nitrogens is 1. The highest BCUT2D eigenvalue weighted by atomic mass is 16.7. The van der Waals surface area contributed by atoms with E-state index in [1.165, 1.54) is 0 Å². The van der Waals surface area contributed by atoms with Crippen molar-refractivity contribution < 1.29 is 14.2 Å². The summed E-state index contributed by atoms with van der Waals surface area (Å²) in [7, 11) is 1.64. The van der Waals surface area contributed by atoms with Crippen LogP contribution in [0.5, 0.6) is 17.2 Å². The summed E-state index contributed by atoms with van der Waals surface area (Å²) >= 11 is 0. The lowest BCUT2D eigenvalue weighted by Crippen LogP contribution is -1.93. The van der Waals surface area contributed by atoms with Crippen LogP contribution in [0.25, 0.3) is 10.9 Å². The van der Waals surface area contributed by atoms with Gasteiger partial charge in [-0.3, -0.25) is 5.10 Å². The van der Waals surface area contributed by atoms with Crippen molar-refractivity contribution in [3.8, 4) is 17.2 Å². The lowest BCUT2D eigenvalue weighted by molar-refractivity contribution is 0.174. The van der Waals surface area contributed by atoms with Gasteiger partial charge in [-0.05, 0) is 24.3 Å². The van der Waals surface area contributed by atoms with Crippen LogP contribution in [0.3, 0.4) is 0 Å². The summed E-state index contributed by atoms with van der Waals surface area (Å²) in [4.78, 5) is 0. The number of benzene rings is 2. The SMILES string of the molecule is COc1ccc2c(Nc3ccc4c(c3)OCO4)n[nH]c2c1. The summed E-state index contributed by atoms with van der Waals surface area (Å²) in [6.45, 7) is 0.268. The molecule has 21 heavy (non-hydrogen) atoms. The summed E-state index contributed by atoms with van der Waals surface area (Å²) in [5, 5.41) is 11.6. The van der Waals surface area contributed by atoms with Crippen LogP contribution in [-0.4, -0.2) is 24.1 Å². The second-order valence-electron chi connectivity index (χ2n) is 4.68. The van der Waals surface area contributed by atoms with Crippen molar-refractivity contribution in [1.29, 1.82) is 0 Å². The fourth-order valence-electron chi connectivity index (χ4n) is 2.33. The molecule has 1 aromatic heterocycles. The average Bonchev–Trinajstić information content (AvgIpc) is 3.13. The summed E-state index contributed by atoms with van der Waals surface area (Å²) in [6, 6.07) is 11.5. The van der Waals surface area contributed by atoms with Gasteiger partial charge in [0.15, 0.2) is 17.3 Å². The normalized spacial score (nSPS) is 12.6. The summed E-state index contributed by atoms with van der Waals surface area (Å²) in [6.07, 6.45) is 0. The van der Waals surface area contributed by atoms with Crippen molar-refractivity contribution in [2.45, 2.75) is 0 Å². The molecule has 0 atom stereocenters. The molecule has 2 aromatic carbocycles. The van der Waals surface area contributed by atoms with Crippen LogP contribution in [0, 0.1) is 0 Å². The van der Waals surface area contributed by atoms with Crippen LogP contribution in [0.4, 0.5) is 11.5 Å². The number of hydrogen-bond donors (Lipinski definition) is 2. The van der Waals surface area contributed by atoms with E-state index in [4.69, 9.17) is 14.2 Å². The van der Waals surface area contributed by atoms with E-state index in [1.807, 2.05) is 36.4 Å². The number of ether oxygens (including phenoxy) is 3. The number of anilines is 2. The molecular weight excluding hydrogens is 270 g/mol. The largest absolute Gasteiger partial charge is 0.497 e. The van der Waals surface area contributed by atoms with Crippen molar-refractivity contribution >= 4 is 22.4 Å². The Labute approximate surface area is 120 Å². The predicted molar refractivity (Wildman–Crippen MR) is 78.5 cm³/mol. The van der Waals surface area contributed by atoms with Crippen LogP contribution >= 0.6 is 0 Å². The van der Waals surface area contributed by atoms with Gasteiger partial charge in [0.1, 0.15) is 5.75 Å². The van der Waals surface area contributed by atoms with Crippen molar-refractivity contribution in [2.75, 3.05) is 19.2 Å². The molecule has 6 nitrogen and oxygen atoms in total. The standard InChI is InChI=1S/C15H13N3O3/c1-19-10-3-4-11-12(7-10)17-18-15(11)16-9-2-5-13-14(6-9)21-8-20-13/h2-7H,8H2,1H3,(H2,16,17,18). The third-order valence-electron chi connectivity index (χ3n) is 3.41. The van der Waals surface area contributed by atoms with Crippen molar-refractivity contribution in [3.05, 3.63) is 36.4 Å². The maximum absolute atomic E-state index is 5.37. The maximum atomic E-state index is 5.37. The number of nitrogens with one attached hydrogen (secondary N) is 2. The molecule has 6 heteroatoms. The third kappa shape index (κ3) is 2.01. The second-order valence-corrected chi connectivity index (χ2v) is 4.68. The molecule has 3 aromatic rings. The molecule has 1 aliphatic heterocycles. The average molecular weight is 283 g/mol. The zero-order valence-electron chi connectivity index (χ0n) is 11.3. The van der Waals surface area contributed by atoms with E-state index in [2.05, 4.69) is 15.5 Å². The van der Waals surface area contributed by atoms with Crippen molar-refractivity contribution in [3.63, 3.8) is 0 Å². The molecule has 2 N–H and O–H groups in total. The van der Waals surface area contributed by atoms with E-state index in [1.54, 1.807) is 7.11 Å². The van der Waals surface area contributed by atoms with E-state index in [0.717, 1.165) is 39.7 Å². The zero-order chi connectivity index (χ0) is 14.2. The van der Waals surface area contributed by atoms with Crippen LogP contribution in [-0.2, 0) is 0 Å². The molecule has 0 saturated heterocycles. The highest BCUT2D eigenvalue weighted by Gasteiger charge is 2.14. The Balaban J connectivity index is 1.68. The van der Waals surface area contributed by atoms with Gasteiger partial charge in [0, 0.05) is 23.2 Å². The highest BCUT2D eigenvalue weighted by Crippen LogP contribution is 2.35. The van der Waals surface area contributed by atoms with E-state index in [0.29, 0.717) is 0 Å². The minimum absolute atomic E-state index is 0.268. The summed E-state index contributed by atoms with van der Waals surface area (Å²) in [5.74, 6) is 3.05. The Kier molecular flexibility index (Phi) is 2.60. The molecule has 0 aliphatic carbocycles. The van der Waals surface area contributed by atoms with Gasteiger partial charge >= 0.3 is 0 Å². The number of methoxy groups -OCH3 is 1. The second kappa shape index (κ2) is 4.59.